The highest BCUT2D eigenvalue weighted by atomic mass is 79.9. The lowest BCUT2D eigenvalue weighted by atomic mass is 9.87. The van der Waals surface area contributed by atoms with Gasteiger partial charge in [0.15, 0.2) is 0 Å². The van der Waals surface area contributed by atoms with E-state index in [-0.39, 0.29) is 0 Å². The fourth-order valence-electron chi connectivity index (χ4n) is 1.41. The van der Waals surface area contributed by atoms with Crippen molar-refractivity contribution in [3.63, 3.8) is 0 Å². The largest absolute Gasteiger partial charge is 0.368 e. The molecule has 15 heavy (non-hydrogen) atoms. The third-order valence-electron chi connectivity index (χ3n) is 2.10. The Morgan fingerprint density at radius 3 is 2.67 bits per heavy atom. The van der Waals surface area contributed by atoms with Crippen LogP contribution in [0.5, 0.6) is 0 Å². The molecular weight excluding hydrogens is 302 g/mol. The van der Waals surface area contributed by atoms with Crippen molar-refractivity contribution in [3.05, 3.63) is 4.47 Å². The fourth-order valence-corrected chi connectivity index (χ4v) is 3.36. The van der Waals surface area contributed by atoms with Crippen LogP contribution < -0.4 is 5.46 Å². The number of fused-ring (bicyclic) bond motifs is 2. The fraction of sp³-hybridized carbons (Fsp3) is 0. The minimum Gasteiger partial charge on any atom is -0.334 e. The molecule has 2 heterocycles. The Balaban J connectivity index is 2.54. The second-order valence-electron chi connectivity index (χ2n) is 2.85. The summed E-state index contributed by atoms with van der Waals surface area (Å²) >= 11 is 5.51. The molecular formula is C6HBBrFN4S2. The molecule has 1 aliphatic rings. The van der Waals surface area contributed by atoms with E-state index in [0.717, 1.165) is 27.6 Å². The number of halogens is 2. The van der Waals surface area contributed by atoms with Gasteiger partial charge in [0.05, 0.1) is 27.6 Å². The molecule has 0 bridgehead atoms. The molecule has 2 aromatic rings. The first-order chi connectivity index (χ1) is 7.33. The van der Waals surface area contributed by atoms with Crippen LogP contribution in [0.2, 0.25) is 0 Å². The van der Waals surface area contributed by atoms with Crippen LogP contribution in [0.3, 0.4) is 0 Å². The molecule has 0 aliphatic carbocycles. The molecule has 0 unspecified atom stereocenters. The van der Waals surface area contributed by atoms with E-state index >= 15 is 0 Å². The summed E-state index contributed by atoms with van der Waals surface area (Å²) in [4.78, 5) is 0. The maximum absolute atomic E-state index is 12.9. The first kappa shape index (κ1) is 9.55. The molecule has 0 atom stereocenters. The van der Waals surface area contributed by atoms with Crippen molar-refractivity contribution < 1.29 is 4.32 Å². The molecule has 0 radical (unpaired) electrons. The zero-order valence-electron chi connectivity index (χ0n) is 7.07. The van der Waals surface area contributed by atoms with Gasteiger partial charge in [-0.2, -0.15) is 17.5 Å². The Morgan fingerprint density at radius 2 is 1.87 bits per heavy atom. The maximum atomic E-state index is 12.9. The lowest BCUT2D eigenvalue weighted by Gasteiger charge is -2.03. The highest BCUT2D eigenvalue weighted by Crippen LogP contribution is 2.41. The zero-order valence-corrected chi connectivity index (χ0v) is 10.3. The van der Waals surface area contributed by atoms with E-state index in [1.165, 1.54) is 0 Å². The van der Waals surface area contributed by atoms with Crippen LogP contribution in [0, 0.1) is 0 Å². The normalized spacial score (nSPS) is 12.9. The third-order valence-corrected chi connectivity index (χ3v) is 3.91. The summed E-state index contributed by atoms with van der Waals surface area (Å²) in [6.07, 6.45) is 0. The molecule has 0 fully saturated rings. The summed E-state index contributed by atoms with van der Waals surface area (Å²) in [6.45, 7) is 0. The molecule has 3 rings (SSSR count). The van der Waals surface area contributed by atoms with E-state index in [1.54, 1.807) is 0 Å². The summed E-state index contributed by atoms with van der Waals surface area (Å²) in [5.74, 6) is 0. The van der Waals surface area contributed by atoms with Gasteiger partial charge in [0.2, 0.25) is 0 Å². The standard InChI is InChI=1S/C6HBBrFN4S2/c8-2-5-3(10-14-12-5)1(7-9)4-6(2)13-15-11-4/h7H. The van der Waals surface area contributed by atoms with Crippen molar-refractivity contribution in [1.82, 2.24) is 8.75 Å². The van der Waals surface area contributed by atoms with Crippen molar-refractivity contribution >= 4 is 74.4 Å². The van der Waals surface area contributed by atoms with Crippen molar-refractivity contribution in [1.29, 1.82) is 0 Å². The molecule has 9 heteroatoms. The average molecular weight is 303 g/mol. The van der Waals surface area contributed by atoms with E-state index in [9.17, 15) is 4.32 Å². The molecule has 0 saturated heterocycles. The van der Waals surface area contributed by atoms with Gasteiger partial charge in [0.25, 0.3) is 0 Å². The summed E-state index contributed by atoms with van der Waals surface area (Å²) in [5, 5.41) is 0. The number of benzene rings is 1. The lowest BCUT2D eigenvalue weighted by Crippen LogP contribution is -2.12. The predicted octanol–water partition coefficient (Wildman–Crippen LogP) is 2.13. The molecule has 74 valence electrons. The van der Waals surface area contributed by atoms with E-state index in [2.05, 4.69) is 33.4 Å². The van der Waals surface area contributed by atoms with Gasteiger partial charge in [-0.1, -0.05) is 0 Å². The number of rotatable bonds is 1. The molecule has 1 aromatic heterocycles. The molecule has 1 aromatic carbocycles. The van der Waals surface area contributed by atoms with Gasteiger partial charge in [0.1, 0.15) is 22.4 Å². The molecule has 0 saturated carbocycles. The highest BCUT2D eigenvalue weighted by molar-refractivity contribution is 9.10. The lowest BCUT2D eigenvalue weighted by molar-refractivity contribution is 0.885. The highest BCUT2D eigenvalue weighted by Gasteiger charge is 2.23. The molecule has 0 spiro atoms. The number of hydrogen-bond donors (Lipinski definition) is 0. The molecule has 4 nitrogen and oxygen atoms in total. The van der Waals surface area contributed by atoms with Crippen molar-refractivity contribution in [2.45, 2.75) is 0 Å². The SMILES string of the molecule is FBc1c2c(c(Br)c3nsnc13)N=S=N2. The van der Waals surface area contributed by atoms with Crippen LogP contribution in [0.4, 0.5) is 15.7 Å². The van der Waals surface area contributed by atoms with Crippen molar-refractivity contribution in [3.8, 4) is 0 Å². The molecule has 0 N–H and O–H groups in total. The predicted molar refractivity (Wildman–Crippen MR) is 64.5 cm³/mol. The number of aromatic nitrogens is 2. The Hall–Kier alpha value is -0.665. The number of hydrogen-bond acceptors (Lipinski definition) is 5. The first-order valence-corrected chi connectivity index (χ1v) is 6.19. The van der Waals surface area contributed by atoms with Gasteiger partial charge in [-0.15, -0.1) is 0 Å². The molecule has 1 aliphatic heterocycles. The maximum Gasteiger partial charge on any atom is 0.368 e. The van der Waals surface area contributed by atoms with Crippen LogP contribution in [0.1, 0.15) is 0 Å². The first-order valence-electron chi connectivity index (χ1n) is 3.93. The molecule has 0 amide bonds. The van der Waals surface area contributed by atoms with E-state index in [1.807, 2.05) is 0 Å². The van der Waals surface area contributed by atoms with Gasteiger partial charge in [-0.05, 0) is 15.9 Å². The second kappa shape index (κ2) is 3.43. The minimum absolute atomic E-state index is 0.478. The van der Waals surface area contributed by atoms with Crippen LogP contribution in [-0.4, -0.2) is 16.3 Å². The Kier molecular flexibility index (Phi) is 2.18. The van der Waals surface area contributed by atoms with Gasteiger partial charge in [0, 0.05) is 5.46 Å². The van der Waals surface area contributed by atoms with Crippen molar-refractivity contribution in [2.75, 3.05) is 0 Å². The summed E-state index contributed by atoms with van der Waals surface area (Å²) in [5.41, 5.74) is 2.95. The summed E-state index contributed by atoms with van der Waals surface area (Å²) in [7, 11) is -0.600. The van der Waals surface area contributed by atoms with Crippen LogP contribution in [0.25, 0.3) is 11.0 Å². The summed E-state index contributed by atoms with van der Waals surface area (Å²) < 4.78 is 30.0. The van der Waals surface area contributed by atoms with E-state index < -0.39 is 7.56 Å². The van der Waals surface area contributed by atoms with Crippen LogP contribution in [0.15, 0.2) is 13.2 Å². The van der Waals surface area contributed by atoms with Gasteiger partial charge in [-0.25, -0.2) is 0 Å². The van der Waals surface area contributed by atoms with Crippen molar-refractivity contribution in [2.24, 2.45) is 8.73 Å². The number of nitrogens with zero attached hydrogens (tertiary/aromatic N) is 4. The summed E-state index contributed by atoms with van der Waals surface area (Å²) in [6, 6.07) is 0. The monoisotopic (exact) mass is 302 g/mol. The zero-order chi connectivity index (χ0) is 10.4. The van der Waals surface area contributed by atoms with Gasteiger partial charge >= 0.3 is 7.56 Å². The van der Waals surface area contributed by atoms with Gasteiger partial charge in [-0.3, -0.25) is 0 Å². The Labute approximate surface area is 101 Å². The smallest absolute Gasteiger partial charge is 0.334 e. The van der Waals surface area contributed by atoms with E-state index in [4.69, 9.17) is 0 Å². The quantitative estimate of drug-likeness (QED) is 0.647. The Bertz CT molecular complexity index is 636. The van der Waals surface area contributed by atoms with Gasteiger partial charge < -0.3 is 4.32 Å². The topological polar surface area (TPSA) is 50.5 Å². The minimum atomic E-state index is -0.600. The Morgan fingerprint density at radius 1 is 1.13 bits per heavy atom. The third kappa shape index (κ3) is 1.23. The van der Waals surface area contributed by atoms with Crippen LogP contribution in [-0.2, 0) is 11.4 Å². The van der Waals surface area contributed by atoms with E-state index in [0.29, 0.717) is 27.9 Å². The second-order valence-corrected chi connectivity index (χ2v) is 4.70. The van der Waals surface area contributed by atoms with Crippen LogP contribution >= 0.6 is 27.7 Å². The average Bonchev–Trinajstić information content (AvgIpc) is 2.85.